The van der Waals surface area contributed by atoms with Crippen molar-refractivity contribution < 1.29 is 13.9 Å². The number of hydrogen-bond donors (Lipinski definition) is 1. The Morgan fingerprint density at radius 1 is 1.19 bits per heavy atom. The third-order valence-electron chi connectivity index (χ3n) is 4.74. The second-order valence-electron chi connectivity index (χ2n) is 6.96. The van der Waals surface area contributed by atoms with Crippen LogP contribution in [0, 0.1) is 5.82 Å². The minimum absolute atomic E-state index is 0.107. The molecule has 0 aliphatic heterocycles. The summed E-state index contributed by atoms with van der Waals surface area (Å²) in [5.74, 6) is 0.320. The van der Waals surface area contributed by atoms with Gasteiger partial charge in [-0.05, 0) is 46.8 Å². The molecular formula is C23H20FN3O3S2. The van der Waals surface area contributed by atoms with Crippen LogP contribution in [0.15, 0.2) is 69.9 Å². The molecular weight excluding hydrogens is 449 g/mol. The van der Waals surface area contributed by atoms with Crippen LogP contribution in [-0.2, 0) is 17.9 Å². The average Bonchev–Trinajstić information content (AvgIpc) is 3.29. The third kappa shape index (κ3) is 5.17. The van der Waals surface area contributed by atoms with Crippen LogP contribution in [-0.4, -0.2) is 28.3 Å². The Morgan fingerprint density at radius 2 is 2.00 bits per heavy atom. The number of thiophene rings is 1. The zero-order valence-electron chi connectivity index (χ0n) is 17.2. The molecule has 0 saturated heterocycles. The number of rotatable bonds is 8. The Hall–Kier alpha value is -3.17. The second kappa shape index (κ2) is 9.97. The second-order valence-corrected chi connectivity index (χ2v) is 8.82. The van der Waals surface area contributed by atoms with E-state index in [1.165, 1.54) is 39.8 Å². The summed E-state index contributed by atoms with van der Waals surface area (Å²) in [6, 6.07) is 15.2. The molecule has 0 atom stereocenters. The normalized spacial score (nSPS) is 10.9. The molecule has 0 bridgehead atoms. The first-order valence-corrected chi connectivity index (χ1v) is 11.6. The van der Waals surface area contributed by atoms with E-state index in [1.54, 1.807) is 25.3 Å². The maximum absolute atomic E-state index is 13.3. The first-order valence-electron chi connectivity index (χ1n) is 9.78. The Labute approximate surface area is 192 Å². The monoisotopic (exact) mass is 469 g/mol. The average molecular weight is 470 g/mol. The van der Waals surface area contributed by atoms with E-state index in [1.807, 2.05) is 29.6 Å². The van der Waals surface area contributed by atoms with Gasteiger partial charge in [-0.2, -0.15) is 0 Å². The smallest absolute Gasteiger partial charge is 0.272 e. The molecule has 2 heterocycles. The van der Waals surface area contributed by atoms with E-state index in [-0.39, 0.29) is 29.6 Å². The molecule has 0 aliphatic carbocycles. The maximum Gasteiger partial charge on any atom is 0.272 e. The summed E-state index contributed by atoms with van der Waals surface area (Å²) in [5, 5.41) is 5.13. The number of thioether (sulfide) groups is 1. The van der Waals surface area contributed by atoms with Crippen molar-refractivity contribution in [2.75, 3.05) is 12.9 Å². The highest BCUT2D eigenvalue weighted by Gasteiger charge is 2.15. The fourth-order valence-electron chi connectivity index (χ4n) is 3.11. The molecule has 2 aromatic carbocycles. The summed E-state index contributed by atoms with van der Waals surface area (Å²) in [6.07, 6.45) is 0. The third-order valence-corrected chi connectivity index (χ3v) is 6.61. The molecule has 0 unspecified atom stereocenters. The molecule has 0 spiro atoms. The molecule has 0 saturated carbocycles. The highest BCUT2D eigenvalue weighted by atomic mass is 32.2. The SMILES string of the molecule is COc1cccc(CNC(=O)CSc2nc3ccsc3c(=O)n2Cc2ccc(F)cc2)c1. The summed E-state index contributed by atoms with van der Waals surface area (Å²) < 4.78 is 20.5. The van der Waals surface area contributed by atoms with Gasteiger partial charge in [-0.1, -0.05) is 36.0 Å². The van der Waals surface area contributed by atoms with Gasteiger partial charge < -0.3 is 10.1 Å². The lowest BCUT2D eigenvalue weighted by Crippen LogP contribution is -2.26. The summed E-state index contributed by atoms with van der Waals surface area (Å²) in [6.45, 7) is 0.615. The maximum atomic E-state index is 13.3. The molecule has 2 aromatic heterocycles. The van der Waals surface area contributed by atoms with Crippen LogP contribution in [0.2, 0.25) is 0 Å². The van der Waals surface area contributed by atoms with E-state index in [9.17, 15) is 14.0 Å². The number of ether oxygens (including phenoxy) is 1. The van der Waals surface area contributed by atoms with Crippen LogP contribution in [0.25, 0.3) is 10.2 Å². The lowest BCUT2D eigenvalue weighted by molar-refractivity contribution is -0.118. The fraction of sp³-hybridized carbons (Fsp3) is 0.174. The number of carbonyl (C=O) groups excluding carboxylic acids is 1. The van der Waals surface area contributed by atoms with Crippen molar-refractivity contribution in [3.05, 3.63) is 87.3 Å². The number of halogens is 1. The van der Waals surface area contributed by atoms with Crippen molar-refractivity contribution in [1.82, 2.24) is 14.9 Å². The number of hydrogen-bond acceptors (Lipinski definition) is 6. The van der Waals surface area contributed by atoms with Crippen LogP contribution >= 0.6 is 23.1 Å². The van der Waals surface area contributed by atoms with Gasteiger partial charge in [0.15, 0.2) is 5.16 Å². The zero-order valence-corrected chi connectivity index (χ0v) is 18.8. The molecule has 0 radical (unpaired) electrons. The van der Waals surface area contributed by atoms with Crippen LogP contribution in [0.4, 0.5) is 4.39 Å². The van der Waals surface area contributed by atoms with Gasteiger partial charge in [-0.25, -0.2) is 9.37 Å². The Bertz CT molecular complexity index is 1300. The number of nitrogens with zero attached hydrogens (tertiary/aromatic N) is 2. The molecule has 32 heavy (non-hydrogen) atoms. The van der Waals surface area contributed by atoms with Gasteiger partial charge in [0.25, 0.3) is 5.56 Å². The molecule has 164 valence electrons. The number of nitrogens with one attached hydrogen (secondary N) is 1. The number of benzene rings is 2. The largest absolute Gasteiger partial charge is 0.497 e. The molecule has 1 N–H and O–H groups in total. The summed E-state index contributed by atoms with van der Waals surface area (Å²) in [5.41, 5.74) is 2.13. The Morgan fingerprint density at radius 3 is 2.78 bits per heavy atom. The van der Waals surface area contributed by atoms with Crippen LogP contribution in [0.5, 0.6) is 5.75 Å². The first kappa shape index (κ1) is 22.0. The van der Waals surface area contributed by atoms with E-state index in [2.05, 4.69) is 10.3 Å². The van der Waals surface area contributed by atoms with Gasteiger partial charge in [-0.15, -0.1) is 11.3 Å². The number of carbonyl (C=O) groups is 1. The summed E-state index contributed by atoms with van der Waals surface area (Å²) in [4.78, 5) is 30.1. The van der Waals surface area contributed by atoms with E-state index in [0.29, 0.717) is 21.9 Å². The van der Waals surface area contributed by atoms with Crippen LogP contribution < -0.4 is 15.6 Å². The van der Waals surface area contributed by atoms with Gasteiger partial charge in [-0.3, -0.25) is 14.2 Å². The summed E-state index contributed by atoms with van der Waals surface area (Å²) in [7, 11) is 1.59. The van der Waals surface area contributed by atoms with Gasteiger partial charge in [0.1, 0.15) is 16.3 Å². The van der Waals surface area contributed by atoms with Crippen molar-refractivity contribution in [2.24, 2.45) is 0 Å². The van der Waals surface area contributed by atoms with E-state index in [0.717, 1.165) is 16.9 Å². The minimum Gasteiger partial charge on any atom is -0.497 e. The standard InChI is InChI=1S/C23H20FN3O3S2/c1-30-18-4-2-3-16(11-18)12-25-20(28)14-32-23-26-19-9-10-31-21(19)22(29)27(23)13-15-5-7-17(24)8-6-15/h2-11H,12-14H2,1H3,(H,25,28). The lowest BCUT2D eigenvalue weighted by atomic mass is 10.2. The molecule has 0 fully saturated rings. The topological polar surface area (TPSA) is 73.2 Å². The quantitative estimate of drug-likeness (QED) is 0.311. The number of aromatic nitrogens is 2. The number of amides is 1. The highest BCUT2D eigenvalue weighted by Crippen LogP contribution is 2.22. The lowest BCUT2D eigenvalue weighted by Gasteiger charge is -2.12. The van der Waals surface area contributed by atoms with E-state index < -0.39 is 0 Å². The number of methoxy groups -OCH3 is 1. The molecule has 4 aromatic rings. The van der Waals surface area contributed by atoms with Gasteiger partial charge in [0, 0.05) is 6.54 Å². The molecule has 6 nitrogen and oxygen atoms in total. The molecule has 9 heteroatoms. The summed E-state index contributed by atoms with van der Waals surface area (Å²) >= 11 is 2.53. The Kier molecular flexibility index (Phi) is 6.87. The van der Waals surface area contributed by atoms with Crippen molar-refractivity contribution in [2.45, 2.75) is 18.2 Å². The molecule has 4 rings (SSSR count). The van der Waals surface area contributed by atoms with Crippen LogP contribution in [0.1, 0.15) is 11.1 Å². The predicted molar refractivity (Wildman–Crippen MR) is 125 cm³/mol. The van der Waals surface area contributed by atoms with Crippen molar-refractivity contribution in [1.29, 1.82) is 0 Å². The minimum atomic E-state index is -0.338. The van der Waals surface area contributed by atoms with Crippen molar-refractivity contribution in [3.8, 4) is 5.75 Å². The predicted octanol–water partition coefficient (Wildman–Crippen LogP) is 4.06. The van der Waals surface area contributed by atoms with Gasteiger partial charge in [0.05, 0.1) is 24.9 Å². The highest BCUT2D eigenvalue weighted by molar-refractivity contribution is 7.99. The van der Waals surface area contributed by atoms with Gasteiger partial charge >= 0.3 is 0 Å². The zero-order chi connectivity index (χ0) is 22.5. The fourth-order valence-corrected chi connectivity index (χ4v) is 4.72. The van der Waals surface area contributed by atoms with E-state index in [4.69, 9.17) is 4.74 Å². The van der Waals surface area contributed by atoms with Crippen molar-refractivity contribution in [3.63, 3.8) is 0 Å². The first-order chi connectivity index (χ1) is 15.5. The van der Waals surface area contributed by atoms with Gasteiger partial charge in [0.2, 0.25) is 5.91 Å². The molecule has 0 aliphatic rings. The van der Waals surface area contributed by atoms with E-state index >= 15 is 0 Å². The van der Waals surface area contributed by atoms with Crippen LogP contribution in [0.3, 0.4) is 0 Å². The molecule has 1 amide bonds. The number of fused-ring (bicyclic) bond motifs is 1. The van der Waals surface area contributed by atoms with Crippen molar-refractivity contribution >= 4 is 39.2 Å². The Balaban J connectivity index is 1.49.